The first-order chi connectivity index (χ1) is 11.0. The molecule has 0 atom stereocenters. The molecule has 3 aromatic rings. The number of anilines is 1. The Hall–Kier alpha value is -2.76. The average molecular weight is 312 g/mol. The fraction of sp³-hybridized carbons (Fsp3) is 0.235. The van der Waals surface area contributed by atoms with Crippen LogP contribution in [0.2, 0.25) is 0 Å². The topological polar surface area (TPSA) is 59.8 Å². The highest BCUT2D eigenvalue weighted by Crippen LogP contribution is 2.19. The quantitative estimate of drug-likeness (QED) is 0.802. The van der Waals surface area contributed by atoms with Crippen LogP contribution in [-0.2, 0) is 0 Å². The van der Waals surface area contributed by atoms with Crippen molar-refractivity contribution in [3.8, 4) is 0 Å². The van der Waals surface area contributed by atoms with Crippen molar-refractivity contribution in [2.24, 2.45) is 0 Å². The number of benzene rings is 2. The van der Waals surface area contributed by atoms with Gasteiger partial charge in [-0.1, -0.05) is 11.3 Å². The lowest BCUT2D eigenvalue weighted by atomic mass is 10.1. The van der Waals surface area contributed by atoms with E-state index in [1.807, 2.05) is 19.9 Å². The third kappa shape index (κ3) is 2.92. The number of fused-ring (bicyclic) bond motifs is 1. The summed E-state index contributed by atoms with van der Waals surface area (Å²) in [5, 5.41) is 10.9. The van der Waals surface area contributed by atoms with E-state index in [0.717, 1.165) is 5.52 Å². The zero-order chi connectivity index (χ0) is 16.6. The molecule has 6 heteroatoms. The van der Waals surface area contributed by atoms with Crippen LogP contribution in [0.15, 0.2) is 36.4 Å². The number of hydrogen-bond acceptors (Lipinski definition) is 3. The summed E-state index contributed by atoms with van der Waals surface area (Å²) in [6.45, 7) is 5.70. The van der Waals surface area contributed by atoms with Gasteiger partial charge in [0.15, 0.2) is 0 Å². The number of carbonyl (C=O) groups excluding carboxylic acids is 1. The van der Waals surface area contributed by atoms with E-state index in [2.05, 4.69) is 15.6 Å². The third-order valence-corrected chi connectivity index (χ3v) is 3.65. The molecule has 3 rings (SSSR count). The lowest BCUT2D eigenvalue weighted by molar-refractivity contribution is 0.102. The molecule has 0 aliphatic heterocycles. The average Bonchev–Trinajstić information content (AvgIpc) is 2.94. The Morgan fingerprint density at radius 2 is 2.00 bits per heavy atom. The van der Waals surface area contributed by atoms with E-state index in [1.165, 1.54) is 6.07 Å². The Bertz CT molecular complexity index is 885. The van der Waals surface area contributed by atoms with Gasteiger partial charge in [0.25, 0.3) is 5.91 Å². The van der Waals surface area contributed by atoms with Gasteiger partial charge in [-0.2, -0.15) is 0 Å². The number of halogens is 1. The molecule has 0 radical (unpaired) electrons. The van der Waals surface area contributed by atoms with Crippen molar-refractivity contribution in [3.63, 3.8) is 0 Å². The Kier molecular flexibility index (Phi) is 3.82. The predicted octanol–water partition coefficient (Wildman–Crippen LogP) is 3.71. The number of aromatic nitrogens is 3. The highest BCUT2D eigenvalue weighted by atomic mass is 19.1. The SMILES string of the molecule is Cc1ccc(NC(=O)c2ccc3c(c2)nnn3C(C)C)cc1F. The molecule has 0 unspecified atom stereocenters. The maximum Gasteiger partial charge on any atom is 0.255 e. The monoisotopic (exact) mass is 312 g/mol. The largest absolute Gasteiger partial charge is 0.322 e. The molecule has 1 N–H and O–H groups in total. The van der Waals surface area contributed by atoms with Crippen LogP contribution in [-0.4, -0.2) is 20.9 Å². The molecule has 0 aliphatic carbocycles. The summed E-state index contributed by atoms with van der Waals surface area (Å²) in [6.07, 6.45) is 0. The number of rotatable bonds is 3. The van der Waals surface area contributed by atoms with Gasteiger partial charge in [0.05, 0.1) is 5.52 Å². The highest BCUT2D eigenvalue weighted by Gasteiger charge is 2.12. The first kappa shape index (κ1) is 15.1. The summed E-state index contributed by atoms with van der Waals surface area (Å²) < 4.78 is 15.3. The normalized spacial score (nSPS) is 11.2. The molecule has 0 fully saturated rings. The molecular weight excluding hydrogens is 295 g/mol. The summed E-state index contributed by atoms with van der Waals surface area (Å²) in [5.41, 5.74) is 2.94. The maximum atomic E-state index is 13.5. The summed E-state index contributed by atoms with van der Waals surface area (Å²) in [6, 6.07) is 10.0. The summed E-state index contributed by atoms with van der Waals surface area (Å²) >= 11 is 0. The van der Waals surface area contributed by atoms with Crippen LogP contribution in [0.3, 0.4) is 0 Å². The lowest BCUT2D eigenvalue weighted by Crippen LogP contribution is -2.12. The second-order valence-corrected chi connectivity index (χ2v) is 5.75. The van der Waals surface area contributed by atoms with Crippen molar-refractivity contribution in [2.75, 3.05) is 5.32 Å². The minimum Gasteiger partial charge on any atom is -0.322 e. The lowest BCUT2D eigenvalue weighted by Gasteiger charge is -2.07. The molecule has 0 saturated heterocycles. The fourth-order valence-electron chi connectivity index (χ4n) is 2.34. The van der Waals surface area contributed by atoms with E-state index >= 15 is 0 Å². The minimum absolute atomic E-state index is 0.190. The molecule has 5 nitrogen and oxygen atoms in total. The van der Waals surface area contributed by atoms with Gasteiger partial charge in [-0.25, -0.2) is 9.07 Å². The van der Waals surface area contributed by atoms with Gasteiger partial charge >= 0.3 is 0 Å². The van der Waals surface area contributed by atoms with Crippen LogP contribution in [0.25, 0.3) is 11.0 Å². The first-order valence-corrected chi connectivity index (χ1v) is 7.38. The molecule has 1 heterocycles. The molecule has 23 heavy (non-hydrogen) atoms. The van der Waals surface area contributed by atoms with E-state index in [9.17, 15) is 9.18 Å². The van der Waals surface area contributed by atoms with E-state index in [4.69, 9.17) is 0 Å². The van der Waals surface area contributed by atoms with Crippen molar-refractivity contribution >= 4 is 22.6 Å². The van der Waals surface area contributed by atoms with Gasteiger partial charge in [-0.3, -0.25) is 4.79 Å². The van der Waals surface area contributed by atoms with Crippen LogP contribution in [0.5, 0.6) is 0 Å². The molecular formula is C17H17FN4O. The fourth-order valence-corrected chi connectivity index (χ4v) is 2.34. The second-order valence-electron chi connectivity index (χ2n) is 5.75. The van der Waals surface area contributed by atoms with Gasteiger partial charge in [0.1, 0.15) is 11.3 Å². The Balaban J connectivity index is 1.87. The molecule has 0 saturated carbocycles. The van der Waals surface area contributed by atoms with E-state index in [-0.39, 0.29) is 17.8 Å². The number of amides is 1. The number of carbonyl (C=O) groups is 1. The summed E-state index contributed by atoms with van der Waals surface area (Å²) in [5.74, 6) is -0.660. The smallest absolute Gasteiger partial charge is 0.255 e. The number of nitrogens with zero attached hydrogens (tertiary/aromatic N) is 3. The summed E-state index contributed by atoms with van der Waals surface area (Å²) in [7, 11) is 0. The second kappa shape index (κ2) is 5.79. The highest BCUT2D eigenvalue weighted by molar-refractivity contribution is 6.05. The van der Waals surface area contributed by atoms with Gasteiger partial charge in [-0.15, -0.1) is 5.10 Å². The zero-order valence-electron chi connectivity index (χ0n) is 13.2. The zero-order valence-corrected chi connectivity index (χ0v) is 13.2. The molecule has 118 valence electrons. The standard InChI is InChI=1S/C17H17FN4O/c1-10(2)22-16-7-5-12(8-15(16)20-21-22)17(23)19-13-6-4-11(3)14(18)9-13/h4-10H,1-3H3,(H,19,23). The molecule has 1 aromatic heterocycles. The van der Waals surface area contributed by atoms with Gasteiger partial charge in [0, 0.05) is 17.3 Å². The molecule has 0 bridgehead atoms. The van der Waals surface area contributed by atoms with E-state index in [1.54, 1.807) is 35.9 Å². The van der Waals surface area contributed by atoms with Crippen LogP contribution in [0, 0.1) is 12.7 Å². The van der Waals surface area contributed by atoms with Crippen LogP contribution in [0.4, 0.5) is 10.1 Å². The first-order valence-electron chi connectivity index (χ1n) is 7.38. The Labute approximate surface area is 133 Å². The van der Waals surface area contributed by atoms with Gasteiger partial charge < -0.3 is 5.32 Å². The van der Waals surface area contributed by atoms with Gasteiger partial charge in [0.2, 0.25) is 0 Å². The molecule has 2 aromatic carbocycles. The molecule has 1 amide bonds. The van der Waals surface area contributed by atoms with Crippen molar-refractivity contribution in [3.05, 3.63) is 53.3 Å². The van der Waals surface area contributed by atoms with Crippen molar-refractivity contribution < 1.29 is 9.18 Å². The number of nitrogens with one attached hydrogen (secondary N) is 1. The van der Waals surface area contributed by atoms with Crippen molar-refractivity contribution in [2.45, 2.75) is 26.8 Å². The summed E-state index contributed by atoms with van der Waals surface area (Å²) in [4.78, 5) is 12.3. The van der Waals surface area contributed by atoms with Crippen molar-refractivity contribution in [1.29, 1.82) is 0 Å². The minimum atomic E-state index is -0.349. The van der Waals surface area contributed by atoms with E-state index < -0.39 is 0 Å². The predicted molar refractivity (Wildman–Crippen MR) is 87.0 cm³/mol. The number of aryl methyl sites for hydroxylation is 1. The Morgan fingerprint density at radius 3 is 2.70 bits per heavy atom. The van der Waals surface area contributed by atoms with Crippen molar-refractivity contribution in [1.82, 2.24) is 15.0 Å². The third-order valence-electron chi connectivity index (χ3n) is 3.65. The maximum absolute atomic E-state index is 13.5. The molecule has 0 spiro atoms. The number of hydrogen-bond donors (Lipinski definition) is 1. The van der Waals surface area contributed by atoms with Gasteiger partial charge in [-0.05, 0) is 56.7 Å². The van der Waals surface area contributed by atoms with Crippen LogP contribution in [0.1, 0.15) is 35.8 Å². The molecule has 0 aliphatic rings. The van der Waals surface area contributed by atoms with Crippen LogP contribution >= 0.6 is 0 Å². The van der Waals surface area contributed by atoms with Crippen LogP contribution < -0.4 is 5.32 Å². The Morgan fingerprint density at radius 1 is 1.22 bits per heavy atom. The van der Waals surface area contributed by atoms with E-state index in [0.29, 0.717) is 22.3 Å².